The molecule has 4 rings (SSSR count). The van der Waals surface area contributed by atoms with Crippen molar-refractivity contribution in [1.29, 1.82) is 5.26 Å². The van der Waals surface area contributed by atoms with Crippen LogP contribution in [0.2, 0.25) is 0 Å². The molecular weight excluding hydrogens is 398 g/mol. The molecule has 1 amide bonds. The lowest BCUT2D eigenvalue weighted by atomic mass is 10.1. The van der Waals surface area contributed by atoms with Crippen LogP contribution in [0.15, 0.2) is 67.1 Å². The molecule has 1 saturated heterocycles. The first-order valence-electron chi connectivity index (χ1n) is 9.77. The van der Waals surface area contributed by atoms with Crippen LogP contribution < -0.4 is 5.32 Å². The van der Waals surface area contributed by atoms with Gasteiger partial charge in [0.1, 0.15) is 0 Å². The Morgan fingerprint density at radius 2 is 1.90 bits per heavy atom. The Kier molecular flexibility index (Phi) is 7.23. The minimum absolute atomic E-state index is 0. The van der Waals surface area contributed by atoms with Crippen LogP contribution >= 0.6 is 12.4 Å². The average Bonchev–Trinajstić information content (AvgIpc) is 3.37. The van der Waals surface area contributed by atoms with Gasteiger partial charge in [-0.05, 0) is 23.6 Å². The molecule has 1 atom stereocenters. The second-order valence-electron chi connectivity index (χ2n) is 7.27. The summed E-state index contributed by atoms with van der Waals surface area (Å²) >= 11 is 0. The molecule has 1 N–H and O–H groups in total. The summed E-state index contributed by atoms with van der Waals surface area (Å²) in [6.45, 7) is 2.60. The molecule has 0 radical (unpaired) electrons. The van der Waals surface area contributed by atoms with Crippen molar-refractivity contribution in [3.63, 3.8) is 0 Å². The van der Waals surface area contributed by atoms with E-state index in [0.717, 1.165) is 17.7 Å². The Hall–Kier alpha value is -3.14. The fourth-order valence-corrected chi connectivity index (χ4v) is 3.80. The summed E-state index contributed by atoms with van der Waals surface area (Å²) in [4.78, 5) is 18.9. The first-order chi connectivity index (χ1) is 14.2. The molecule has 0 bridgehead atoms. The second kappa shape index (κ2) is 10.1. The Morgan fingerprint density at radius 3 is 2.63 bits per heavy atom. The van der Waals surface area contributed by atoms with Crippen molar-refractivity contribution in [1.82, 2.24) is 19.8 Å². The number of rotatable bonds is 7. The second-order valence-corrected chi connectivity index (χ2v) is 7.27. The third-order valence-electron chi connectivity index (χ3n) is 5.33. The molecule has 1 aliphatic rings. The van der Waals surface area contributed by atoms with Crippen LogP contribution in [-0.4, -0.2) is 32.9 Å². The molecule has 0 spiro atoms. The van der Waals surface area contributed by atoms with E-state index in [2.05, 4.69) is 38.0 Å². The minimum Gasteiger partial charge on any atom is -0.355 e. The molecule has 1 fully saturated rings. The van der Waals surface area contributed by atoms with E-state index >= 15 is 0 Å². The fourth-order valence-electron chi connectivity index (χ4n) is 3.80. The molecule has 1 aliphatic heterocycles. The van der Waals surface area contributed by atoms with Gasteiger partial charge in [-0.15, -0.1) is 12.4 Å². The maximum atomic E-state index is 12.4. The number of hydrogen-bond acceptors (Lipinski definition) is 4. The van der Waals surface area contributed by atoms with Crippen LogP contribution in [0.3, 0.4) is 0 Å². The van der Waals surface area contributed by atoms with Gasteiger partial charge in [-0.2, -0.15) is 5.26 Å². The zero-order valence-electron chi connectivity index (χ0n) is 16.6. The van der Waals surface area contributed by atoms with Gasteiger partial charge in [0.2, 0.25) is 5.91 Å². The van der Waals surface area contributed by atoms with E-state index in [4.69, 9.17) is 0 Å². The summed E-state index contributed by atoms with van der Waals surface area (Å²) < 4.78 is 2.06. The first-order valence-corrected chi connectivity index (χ1v) is 9.77. The highest BCUT2D eigenvalue weighted by atomic mass is 35.5. The highest BCUT2D eigenvalue weighted by Gasteiger charge is 2.30. The van der Waals surface area contributed by atoms with E-state index in [1.54, 1.807) is 6.33 Å². The van der Waals surface area contributed by atoms with Crippen LogP contribution in [0.4, 0.5) is 0 Å². The maximum Gasteiger partial charge on any atom is 0.237 e. The summed E-state index contributed by atoms with van der Waals surface area (Å²) in [5, 5.41) is 12.3. The summed E-state index contributed by atoms with van der Waals surface area (Å²) in [7, 11) is 0. The summed E-state index contributed by atoms with van der Waals surface area (Å²) in [6.07, 6.45) is 4.44. The van der Waals surface area contributed by atoms with Gasteiger partial charge >= 0.3 is 0 Å². The van der Waals surface area contributed by atoms with E-state index < -0.39 is 0 Å². The molecule has 1 aromatic heterocycles. The van der Waals surface area contributed by atoms with Gasteiger partial charge in [0, 0.05) is 25.8 Å². The molecule has 0 aliphatic carbocycles. The standard InChI is InChI=1S/C23H23N5O.ClH/c24-12-19-8-4-5-9-20(19)15-28-17-25-13-21(28)16-27(22-10-11-26-23(22)29)14-18-6-2-1-3-7-18;/h1-9,13,17,22H,10-11,14-16H2,(H,26,29);1H. The number of benzene rings is 2. The Morgan fingerprint density at radius 1 is 1.13 bits per heavy atom. The number of aromatic nitrogens is 2. The normalized spacial score (nSPS) is 15.5. The predicted octanol–water partition coefficient (Wildman–Crippen LogP) is 3.12. The Labute approximate surface area is 182 Å². The Bertz CT molecular complexity index is 1030. The number of nitrogens with zero attached hydrogens (tertiary/aromatic N) is 4. The minimum atomic E-state index is -0.148. The van der Waals surface area contributed by atoms with E-state index in [1.165, 1.54) is 5.56 Å². The molecule has 2 aromatic carbocycles. The number of imidazole rings is 1. The Balaban J connectivity index is 0.00000256. The number of hydrogen-bond donors (Lipinski definition) is 1. The van der Waals surface area contributed by atoms with E-state index in [0.29, 0.717) is 31.7 Å². The van der Waals surface area contributed by atoms with Gasteiger partial charge in [-0.3, -0.25) is 9.69 Å². The van der Waals surface area contributed by atoms with Crippen molar-refractivity contribution >= 4 is 18.3 Å². The van der Waals surface area contributed by atoms with Gasteiger partial charge in [0.25, 0.3) is 0 Å². The van der Waals surface area contributed by atoms with E-state index in [-0.39, 0.29) is 24.4 Å². The molecule has 154 valence electrons. The summed E-state index contributed by atoms with van der Waals surface area (Å²) in [5.41, 5.74) is 3.83. The number of carbonyl (C=O) groups excluding carboxylic acids is 1. The van der Waals surface area contributed by atoms with Gasteiger partial charge < -0.3 is 9.88 Å². The zero-order chi connectivity index (χ0) is 20.1. The first kappa shape index (κ1) is 21.6. The number of nitrogens with one attached hydrogen (secondary N) is 1. The molecular formula is C23H24ClN5O. The number of amides is 1. The van der Waals surface area contributed by atoms with Crippen molar-refractivity contribution in [2.24, 2.45) is 0 Å². The van der Waals surface area contributed by atoms with Crippen molar-refractivity contribution in [2.75, 3.05) is 6.54 Å². The predicted molar refractivity (Wildman–Crippen MR) is 117 cm³/mol. The van der Waals surface area contributed by atoms with Crippen LogP contribution in [0, 0.1) is 11.3 Å². The van der Waals surface area contributed by atoms with Gasteiger partial charge in [-0.25, -0.2) is 4.98 Å². The van der Waals surface area contributed by atoms with Gasteiger partial charge in [-0.1, -0.05) is 48.5 Å². The fraction of sp³-hybridized carbons (Fsp3) is 0.261. The molecule has 3 aromatic rings. The third kappa shape index (κ3) is 4.88. The lowest BCUT2D eigenvalue weighted by Crippen LogP contribution is -2.40. The van der Waals surface area contributed by atoms with Crippen molar-refractivity contribution in [3.05, 3.63) is 89.5 Å². The SMILES string of the molecule is Cl.N#Cc1ccccc1Cn1cncc1CN(Cc1ccccc1)C1CCNC1=O. The molecule has 1 unspecified atom stereocenters. The molecule has 7 heteroatoms. The quantitative estimate of drug-likeness (QED) is 0.636. The number of nitriles is 1. The molecule has 6 nitrogen and oxygen atoms in total. The lowest BCUT2D eigenvalue weighted by Gasteiger charge is -2.27. The smallest absolute Gasteiger partial charge is 0.237 e. The lowest BCUT2D eigenvalue weighted by molar-refractivity contribution is -0.124. The van der Waals surface area contributed by atoms with Crippen LogP contribution in [0.25, 0.3) is 0 Å². The van der Waals surface area contributed by atoms with E-state index in [9.17, 15) is 10.1 Å². The number of carbonyl (C=O) groups is 1. The van der Waals surface area contributed by atoms with Crippen molar-refractivity contribution in [2.45, 2.75) is 32.1 Å². The highest BCUT2D eigenvalue weighted by molar-refractivity contribution is 5.85. The van der Waals surface area contributed by atoms with Crippen molar-refractivity contribution < 1.29 is 4.79 Å². The van der Waals surface area contributed by atoms with Gasteiger partial charge in [0.05, 0.1) is 36.2 Å². The average molecular weight is 422 g/mol. The highest BCUT2D eigenvalue weighted by Crippen LogP contribution is 2.19. The topological polar surface area (TPSA) is 74.0 Å². The summed E-state index contributed by atoms with van der Waals surface area (Å²) in [5.74, 6) is 0.0850. The number of halogens is 1. The monoisotopic (exact) mass is 421 g/mol. The molecule has 2 heterocycles. The van der Waals surface area contributed by atoms with Gasteiger partial charge in [0.15, 0.2) is 0 Å². The molecule has 0 saturated carbocycles. The van der Waals surface area contributed by atoms with Crippen molar-refractivity contribution in [3.8, 4) is 6.07 Å². The summed E-state index contributed by atoms with van der Waals surface area (Å²) in [6, 6.07) is 19.9. The van der Waals surface area contributed by atoms with Crippen LogP contribution in [0.5, 0.6) is 0 Å². The molecule has 30 heavy (non-hydrogen) atoms. The van der Waals surface area contributed by atoms with E-state index in [1.807, 2.05) is 48.7 Å². The largest absolute Gasteiger partial charge is 0.355 e. The third-order valence-corrected chi connectivity index (χ3v) is 5.33. The zero-order valence-corrected chi connectivity index (χ0v) is 17.4. The van der Waals surface area contributed by atoms with Crippen LogP contribution in [0.1, 0.15) is 28.8 Å². The maximum absolute atomic E-state index is 12.4. The van der Waals surface area contributed by atoms with Crippen LogP contribution in [-0.2, 0) is 24.4 Å².